The molecule has 152 valence electrons. The second-order valence-electron chi connectivity index (χ2n) is 6.03. The molecule has 0 saturated carbocycles. The molecule has 0 aromatic heterocycles. The van der Waals surface area contributed by atoms with Gasteiger partial charge in [-0.3, -0.25) is 24.6 Å². The monoisotopic (exact) mass is 410 g/mol. The van der Waals surface area contributed by atoms with Crippen LogP contribution in [-0.4, -0.2) is 30.0 Å². The molecule has 0 saturated heterocycles. The first-order chi connectivity index (χ1) is 13.6. The number of carbonyl (C=O) groups is 2. The van der Waals surface area contributed by atoms with Crippen molar-refractivity contribution in [3.05, 3.63) is 63.7 Å². The summed E-state index contributed by atoms with van der Waals surface area (Å²) in [7, 11) is 0. The number of fused-ring (bicyclic) bond motifs is 1. The molecular weight excluding hydrogens is 397 g/mol. The van der Waals surface area contributed by atoms with Crippen molar-refractivity contribution in [2.45, 2.75) is 12.8 Å². The highest BCUT2D eigenvalue weighted by Gasteiger charge is 2.31. The molecule has 0 N–H and O–H groups in total. The number of hydrogen-bond donors (Lipinski definition) is 0. The van der Waals surface area contributed by atoms with Crippen molar-refractivity contribution >= 4 is 23.3 Å². The lowest BCUT2D eigenvalue weighted by atomic mass is 10.1. The SMILES string of the molecule is O=C(CN1C(=O)COc2ccc([N+](=O)[O-])cc21)OCc1ccc(C(F)(F)F)cc1. The fourth-order valence-electron chi connectivity index (χ4n) is 2.61. The van der Waals surface area contributed by atoms with Crippen LogP contribution >= 0.6 is 0 Å². The minimum absolute atomic E-state index is 0.0573. The van der Waals surface area contributed by atoms with Gasteiger partial charge in [-0.1, -0.05) is 12.1 Å². The Labute approximate surface area is 161 Å². The van der Waals surface area contributed by atoms with Crippen molar-refractivity contribution in [3.8, 4) is 5.75 Å². The zero-order valence-electron chi connectivity index (χ0n) is 14.6. The van der Waals surface area contributed by atoms with E-state index in [0.29, 0.717) is 5.56 Å². The van der Waals surface area contributed by atoms with Gasteiger partial charge in [0.1, 0.15) is 18.9 Å². The molecule has 29 heavy (non-hydrogen) atoms. The van der Waals surface area contributed by atoms with E-state index in [4.69, 9.17) is 9.47 Å². The maximum absolute atomic E-state index is 12.6. The molecule has 0 radical (unpaired) electrons. The summed E-state index contributed by atoms with van der Waals surface area (Å²) in [6.07, 6.45) is -4.47. The minimum Gasteiger partial charge on any atom is -0.482 e. The third-order valence-corrected chi connectivity index (χ3v) is 4.06. The molecule has 0 spiro atoms. The average molecular weight is 410 g/mol. The number of ether oxygens (including phenoxy) is 2. The van der Waals surface area contributed by atoms with E-state index in [1.54, 1.807) is 0 Å². The molecule has 1 heterocycles. The molecular formula is C18H13F3N2O6. The molecule has 2 aromatic rings. The molecule has 1 aliphatic rings. The van der Waals surface area contributed by atoms with Crippen molar-refractivity contribution in [1.82, 2.24) is 0 Å². The molecule has 3 rings (SSSR count). The van der Waals surface area contributed by atoms with Crippen molar-refractivity contribution in [2.75, 3.05) is 18.1 Å². The first kappa shape index (κ1) is 20.1. The lowest BCUT2D eigenvalue weighted by Gasteiger charge is -2.28. The molecule has 0 atom stereocenters. The summed E-state index contributed by atoms with van der Waals surface area (Å²) in [6, 6.07) is 7.71. The third kappa shape index (κ3) is 4.62. The molecule has 0 bridgehead atoms. The molecule has 11 heteroatoms. The average Bonchev–Trinajstić information content (AvgIpc) is 2.67. The normalized spacial score (nSPS) is 13.5. The number of anilines is 1. The zero-order valence-corrected chi connectivity index (χ0v) is 14.6. The summed E-state index contributed by atoms with van der Waals surface area (Å²) in [5.41, 5.74) is -0.729. The van der Waals surface area contributed by atoms with Crippen LogP contribution in [0.1, 0.15) is 11.1 Å². The van der Waals surface area contributed by atoms with Crippen molar-refractivity contribution in [3.63, 3.8) is 0 Å². The molecule has 2 aromatic carbocycles. The maximum atomic E-state index is 12.6. The zero-order chi connectivity index (χ0) is 21.2. The van der Waals surface area contributed by atoms with Gasteiger partial charge in [-0.25, -0.2) is 0 Å². The summed E-state index contributed by atoms with van der Waals surface area (Å²) < 4.78 is 47.9. The van der Waals surface area contributed by atoms with Crippen LogP contribution in [0, 0.1) is 10.1 Å². The van der Waals surface area contributed by atoms with Crippen LogP contribution in [0.5, 0.6) is 5.75 Å². The lowest BCUT2D eigenvalue weighted by Crippen LogP contribution is -2.42. The molecule has 8 nitrogen and oxygen atoms in total. The fraction of sp³-hybridized carbons (Fsp3) is 0.222. The Bertz CT molecular complexity index is 959. The first-order valence-corrected chi connectivity index (χ1v) is 8.18. The number of nitro benzene ring substituents is 1. The van der Waals surface area contributed by atoms with E-state index in [2.05, 4.69) is 0 Å². The Hall–Kier alpha value is -3.63. The van der Waals surface area contributed by atoms with Crippen LogP contribution in [0.3, 0.4) is 0 Å². The van der Waals surface area contributed by atoms with E-state index in [1.165, 1.54) is 24.3 Å². The van der Waals surface area contributed by atoms with Crippen LogP contribution in [0.15, 0.2) is 42.5 Å². The second kappa shape index (κ2) is 7.78. The van der Waals surface area contributed by atoms with Crippen LogP contribution in [0.25, 0.3) is 0 Å². The third-order valence-electron chi connectivity index (χ3n) is 4.06. The Morgan fingerprint density at radius 3 is 2.52 bits per heavy atom. The summed E-state index contributed by atoms with van der Waals surface area (Å²) >= 11 is 0. The fourth-order valence-corrected chi connectivity index (χ4v) is 2.61. The number of non-ortho nitro benzene ring substituents is 1. The van der Waals surface area contributed by atoms with Gasteiger partial charge in [-0.15, -0.1) is 0 Å². The highest BCUT2D eigenvalue weighted by molar-refractivity contribution is 6.01. The van der Waals surface area contributed by atoms with Gasteiger partial charge in [-0.05, 0) is 23.8 Å². The van der Waals surface area contributed by atoms with Crippen LogP contribution < -0.4 is 9.64 Å². The van der Waals surface area contributed by atoms with Crippen LogP contribution in [-0.2, 0) is 27.1 Å². The van der Waals surface area contributed by atoms with E-state index in [-0.39, 0.29) is 30.3 Å². The quantitative estimate of drug-likeness (QED) is 0.427. The number of benzene rings is 2. The summed E-state index contributed by atoms with van der Waals surface area (Å²) in [5, 5.41) is 10.9. The maximum Gasteiger partial charge on any atom is 0.416 e. The number of hydrogen-bond acceptors (Lipinski definition) is 6. The predicted octanol–water partition coefficient (Wildman–Crippen LogP) is 3.08. The number of nitro groups is 1. The predicted molar refractivity (Wildman–Crippen MR) is 92.2 cm³/mol. The topological polar surface area (TPSA) is 99.0 Å². The van der Waals surface area contributed by atoms with Gasteiger partial charge in [-0.2, -0.15) is 13.2 Å². The van der Waals surface area contributed by atoms with Crippen molar-refractivity contribution in [2.24, 2.45) is 0 Å². The molecule has 0 unspecified atom stereocenters. The van der Waals surface area contributed by atoms with Gasteiger partial charge in [0.05, 0.1) is 16.2 Å². The number of esters is 1. The minimum atomic E-state index is -4.47. The van der Waals surface area contributed by atoms with Gasteiger partial charge < -0.3 is 9.47 Å². The Morgan fingerprint density at radius 2 is 1.90 bits per heavy atom. The number of nitrogens with zero attached hydrogens (tertiary/aromatic N) is 2. The van der Waals surface area contributed by atoms with Crippen LogP contribution in [0.4, 0.5) is 24.5 Å². The number of rotatable bonds is 5. The highest BCUT2D eigenvalue weighted by Crippen LogP contribution is 2.35. The number of alkyl halides is 3. The molecule has 0 fully saturated rings. The number of amides is 1. The van der Waals surface area contributed by atoms with Gasteiger partial charge in [0.15, 0.2) is 6.61 Å². The van der Waals surface area contributed by atoms with Crippen molar-refractivity contribution in [1.29, 1.82) is 0 Å². The molecule has 1 aliphatic heterocycles. The summed E-state index contributed by atoms with van der Waals surface area (Å²) in [4.78, 5) is 35.5. The Balaban J connectivity index is 1.67. The Morgan fingerprint density at radius 1 is 1.21 bits per heavy atom. The van der Waals surface area contributed by atoms with E-state index >= 15 is 0 Å². The van der Waals surface area contributed by atoms with E-state index < -0.39 is 35.1 Å². The standard InChI is InChI=1S/C18H13F3N2O6/c19-18(20,21)12-3-1-11(2-4-12)9-29-17(25)8-22-14-7-13(23(26)27)5-6-15(14)28-10-16(22)24/h1-7H,8-10H2. The second-order valence-corrected chi connectivity index (χ2v) is 6.03. The summed E-state index contributed by atoms with van der Waals surface area (Å²) in [5.74, 6) is -1.23. The largest absolute Gasteiger partial charge is 0.482 e. The summed E-state index contributed by atoms with van der Waals surface area (Å²) in [6.45, 7) is -1.18. The van der Waals surface area contributed by atoms with Crippen LogP contribution in [0.2, 0.25) is 0 Å². The van der Waals surface area contributed by atoms with Gasteiger partial charge >= 0.3 is 12.1 Å². The van der Waals surface area contributed by atoms with Crippen molar-refractivity contribution < 1.29 is 37.2 Å². The van der Waals surface area contributed by atoms with E-state index in [0.717, 1.165) is 23.1 Å². The van der Waals surface area contributed by atoms with Gasteiger partial charge in [0.25, 0.3) is 11.6 Å². The first-order valence-electron chi connectivity index (χ1n) is 8.18. The van der Waals surface area contributed by atoms with Gasteiger partial charge in [0.2, 0.25) is 0 Å². The molecule has 1 amide bonds. The van der Waals surface area contributed by atoms with E-state index in [1.807, 2.05) is 0 Å². The lowest BCUT2D eigenvalue weighted by molar-refractivity contribution is -0.384. The van der Waals surface area contributed by atoms with E-state index in [9.17, 15) is 32.9 Å². The molecule has 0 aliphatic carbocycles. The van der Waals surface area contributed by atoms with Gasteiger partial charge in [0, 0.05) is 12.1 Å². The number of carbonyl (C=O) groups excluding carboxylic acids is 2. The Kier molecular flexibility index (Phi) is 5.39. The number of halogens is 3. The highest BCUT2D eigenvalue weighted by atomic mass is 19.4. The smallest absolute Gasteiger partial charge is 0.416 e.